The van der Waals surface area contributed by atoms with Crippen molar-refractivity contribution in [3.63, 3.8) is 0 Å². The molecule has 0 amide bonds. The zero-order chi connectivity index (χ0) is 11.3. The number of halogens is 1. The first kappa shape index (κ1) is 12.4. The summed E-state index contributed by atoms with van der Waals surface area (Å²) in [5.41, 5.74) is 2.28. The van der Waals surface area contributed by atoms with Gasteiger partial charge in [-0.25, -0.2) is 0 Å². The maximum Gasteiger partial charge on any atom is 0.117 e. The van der Waals surface area contributed by atoms with E-state index in [0.717, 1.165) is 12.0 Å². The van der Waals surface area contributed by atoms with Gasteiger partial charge >= 0.3 is 0 Å². The number of benzene rings is 1. The lowest BCUT2D eigenvalue weighted by Crippen LogP contribution is -1.91. The van der Waals surface area contributed by atoms with Crippen LogP contribution in [0.1, 0.15) is 43.7 Å². The van der Waals surface area contributed by atoms with Crippen LogP contribution in [0.5, 0.6) is 5.75 Å². The second kappa shape index (κ2) is 6.02. The summed E-state index contributed by atoms with van der Waals surface area (Å²) in [5, 5.41) is 10.1. The smallest absolute Gasteiger partial charge is 0.117 e. The molecule has 1 aromatic rings. The first-order valence-electron chi connectivity index (χ1n) is 5.63. The first-order chi connectivity index (χ1) is 7.15. The monoisotopic (exact) mass is 226 g/mol. The molecule has 0 bridgehead atoms. The molecule has 0 spiro atoms. The molecule has 0 aromatic heterocycles. The fourth-order valence-corrected chi connectivity index (χ4v) is 1.95. The van der Waals surface area contributed by atoms with E-state index in [9.17, 15) is 5.11 Å². The molecular weight excluding hydrogens is 208 g/mol. The molecule has 0 atom stereocenters. The van der Waals surface area contributed by atoms with Crippen molar-refractivity contribution in [1.82, 2.24) is 0 Å². The number of rotatable bonds is 5. The maximum atomic E-state index is 9.44. The van der Waals surface area contributed by atoms with E-state index in [2.05, 4.69) is 6.92 Å². The lowest BCUT2D eigenvalue weighted by molar-refractivity contribution is 0.474. The van der Waals surface area contributed by atoms with Crippen molar-refractivity contribution in [3.05, 3.63) is 28.3 Å². The van der Waals surface area contributed by atoms with Crippen LogP contribution in [0.4, 0.5) is 0 Å². The Morgan fingerprint density at radius 3 is 2.60 bits per heavy atom. The number of hydrogen-bond donors (Lipinski definition) is 1. The van der Waals surface area contributed by atoms with Crippen molar-refractivity contribution in [2.75, 3.05) is 0 Å². The zero-order valence-corrected chi connectivity index (χ0v) is 10.3. The molecule has 0 fully saturated rings. The van der Waals surface area contributed by atoms with Gasteiger partial charge in [-0.1, -0.05) is 37.8 Å². The van der Waals surface area contributed by atoms with Crippen molar-refractivity contribution in [2.24, 2.45) is 0 Å². The fourth-order valence-electron chi connectivity index (χ4n) is 1.72. The van der Waals surface area contributed by atoms with Crippen LogP contribution in [0.2, 0.25) is 5.02 Å². The van der Waals surface area contributed by atoms with Gasteiger partial charge in [-0.2, -0.15) is 0 Å². The van der Waals surface area contributed by atoms with Crippen molar-refractivity contribution in [3.8, 4) is 5.75 Å². The second-order valence-electron chi connectivity index (χ2n) is 4.02. The Hall–Kier alpha value is -0.690. The fraction of sp³-hybridized carbons (Fsp3) is 0.538. The van der Waals surface area contributed by atoms with Crippen LogP contribution in [0.25, 0.3) is 0 Å². The highest BCUT2D eigenvalue weighted by molar-refractivity contribution is 6.31. The molecule has 1 rings (SSSR count). The van der Waals surface area contributed by atoms with Crippen molar-refractivity contribution >= 4 is 11.6 Å². The van der Waals surface area contributed by atoms with E-state index in [-0.39, 0.29) is 5.75 Å². The summed E-state index contributed by atoms with van der Waals surface area (Å²) in [6, 6.07) is 3.43. The average Bonchev–Trinajstić information content (AvgIpc) is 2.19. The van der Waals surface area contributed by atoms with Gasteiger partial charge in [0.25, 0.3) is 0 Å². The molecule has 0 unspecified atom stereocenters. The van der Waals surface area contributed by atoms with Gasteiger partial charge in [-0.05, 0) is 43.0 Å². The first-order valence-corrected chi connectivity index (χ1v) is 6.01. The molecule has 0 saturated heterocycles. The van der Waals surface area contributed by atoms with Crippen molar-refractivity contribution in [1.29, 1.82) is 0 Å². The van der Waals surface area contributed by atoms with Crippen LogP contribution in [0, 0.1) is 6.92 Å². The summed E-state index contributed by atoms with van der Waals surface area (Å²) < 4.78 is 0. The number of hydrogen-bond acceptors (Lipinski definition) is 1. The summed E-state index contributed by atoms with van der Waals surface area (Å²) in [6.45, 7) is 4.22. The standard InChI is InChI=1S/C13H19ClO/c1-3-4-5-6-7-11-8-12(15)9-13(14)10(11)2/h8-9,15H,3-7H2,1-2H3. The summed E-state index contributed by atoms with van der Waals surface area (Å²) in [4.78, 5) is 0. The van der Waals surface area contributed by atoms with Gasteiger partial charge in [0.05, 0.1) is 0 Å². The van der Waals surface area contributed by atoms with Gasteiger partial charge in [0.15, 0.2) is 0 Å². The van der Waals surface area contributed by atoms with Crippen LogP contribution >= 0.6 is 11.6 Å². The molecule has 1 N–H and O–H groups in total. The molecule has 0 aliphatic heterocycles. The highest BCUT2D eigenvalue weighted by Gasteiger charge is 2.04. The Morgan fingerprint density at radius 2 is 1.93 bits per heavy atom. The van der Waals surface area contributed by atoms with Crippen LogP contribution in [-0.4, -0.2) is 5.11 Å². The molecule has 0 heterocycles. The number of phenols is 1. The van der Waals surface area contributed by atoms with Crippen LogP contribution in [0.3, 0.4) is 0 Å². The van der Waals surface area contributed by atoms with Gasteiger partial charge < -0.3 is 5.11 Å². The average molecular weight is 227 g/mol. The second-order valence-corrected chi connectivity index (χ2v) is 4.43. The predicted molar refractivity (Wildman–Crippen MR) is 65.7 cm³/mol. The van der Waals surface area contributed by atoms with Gasteiger partial charge in [-0.3, -0.25) is 0 Å². The Balaban J connectivity index is 2.60. The highest BCUT2D eigenvalue weighted by Crippen LogP contribution is 2.26. The summed E-state index contributed by atoms with van der Waals surface area (Å²) >= 11 is 6.00. The van der Waals surface area contributed by atoms with Gasteiger partial charge in [0.1, 0.15) is 5.75 Å². The van der Waals surface area contributed by atoms with Gasteiger partial charge in [-0.15, -0.1) is 0 Å². The third-order valence-corrected chi connectivity index (χ3v) is 3.13. The quantitative estimate of drug-likeness (QED) is 0.735. The molecule has 0 aliphatic rings. The lowest BCUT2D eigenvalue weighted by Gasteiger charge is -2.08. The minimum absolute atomic E-state index is 0.274. The Labute approximate surface area is 97.1 Å². The number of unbranched alkanes of at least 4 members (excludes halogenated alkanes) is 3. The molecule has 84 valence electrons. The number of phenolic OH excluding ortho intramolecular Hbond substituents is 1. The third-order valence-electron chi connectivity index (χ3n) is 2.74. The molecule has 0 radical (unpaired) electrons. The molecule has 2 heteroatoms. The number of aromatic hydroxyl groups is 1. The normalized spacial score (nSPS) is 10.6. The molecule has 1 aromatic carbocycles. The summed E-state index contributed by atoms with van der Waals surface area (Å²) in [7, 11) is 0. The highest BCUT2D eigenvalue weighted by atomic mass is 35.5. The Morgan fingerprint density at radius 1 is 1.20 bits per heavy atom. The Bertz CT molecular complexity index is 321. The summed E-state index contributed by atoms with van der Waals surface area (Å²) in [5.74, 6) is 0.274. The van der Waals surface area contributed by atoms with Gasteiger partial charge in [0, 0.05) is 5.02 Å². The van der Waals surface area contributed by atoms with E-state index >= 15 is 0 Å². The van der Waals surface area contributed by atoms with E-state index in [0.29, 0.717) is 5.02 Å². The largest absolute Gasteiger partial charge is 0.508 e. The van der Waals surface area contributed by atoms with E-state index < -0.39 is 0 Å². The molecule has 1 nitrogen and oxygen atoms in total. The Kier molecular flexibility index (Phi) is 4.97. The van der Waals surface area contributed by atoms with Crippen LogP contribution < -0.4 is 0 Å². The maximum absolute atomic E-state index is 9.44. The zero-order valence-electron chi connectivity index (χ0n) is 9.52. The van der Waals surface area contributed by atoms with Crippen molar-refractivity contribution in [2.45, 2.75) is 46.0 Å². The van der Waals surface area contributed by atoms with E-state index in [1.807, 2.05) is 13.0 Å². The third kappa shape index (κ3) is 3.75. The van der Waals surface area contributed by atoms with E-state index in [1.54, 1.807) is 6.07 Å². The van der Waals surface area contributed by atoms with E-state index in [4.69, 9.17) is 11.6 Å². The molecule has 15 heavy (non-hydrogen) atoms. The SMILES string of the molecule is CCCCCCc1cc(O)cc(Cl)c1C. The molecule has 0 aliphatic carbocycles. The lowest BCUT2D eigenvalue weighted by atomic mass is 10.0. The summed E-state index contributed by atoms with van der Waals surface area (Å²) in [6.07, 6.45) is 5.98. The van der Waals surface area contributed by atoms with Crippen molar-refractivity contribution < 1.29 is 5.11 Å². The van der Waals surface area contributed by atoms with Gasteiger partial charge in [0.2, 0.25) is 0 Å². The van der Waals surface area contributed by atoms with Crippen LogP contribution in [-0.2, 0) is 6.42 Å². The molecular formula is C13H19ClO. The number of aryl methyl sites for hydroxylation is 1. The predicted octanol–water partition coefficient (Wildman–Crippen LogP) is 4.48. The minimum Gasteiger partial charge on any atom is -0.508 e. The topological polar surface area (TPSA) is 20.2 Å². The van der Waals surface area contributed by atoms with E-state index in [1.165, 1.54) is 31.2 Å². The minimum atomic E-state index is 0.274. The van der Waals surface area contributed by atoms with Crippen LogP contribution in [0.15, 0.2) is 12.1 Å². The molecule has 0 saturated carbocycles.